The third-order valence-corrected chi connectivity index (χ3v) is 5.07. The molecular formula is C17H22N2S. The van der Waals surface area contributed by atoms with Gasteiger partial charge in [0.05, 0.1) is 10.7 Å². The maximum absolute atomic E-state index is 4.74. The maximum atomic E-state index is 4.74. The summed E-state index contributed by atoms with van der Waals surface area (Å²) in [5, 5.41) is 7.04. The van der Waals surface area contributed by atoms with Crippen molar-refractivity contribution in [3.8, 4) is 0 Å². The Kier molecular flexibility index (Phi) is 3.65. The molecule has 0 spiro atoms. The molecule has 1 aliphatic carbocycles. The van der Waals surface area contributed by atoms with Gasteiger partial charge in [0.1, 0.15) is 0 Å². The molecule has 0 bridgehead atoms. The molecular weight excluding hydrogens is 264 g/mol. The van der Waals surface area contributed by atoms with Gasteiger partial charge in [0.15, 0.2) is 0 Å². The van der Waals surface area contributed by atoms with Gasteiger partial charge in [-0.1, -0.05) is 51.1 Å². The first kappa shape index (κ1) is 13.8. The van der Waals surface area contributed by atoms with Crippen molar-refractivity contribution in [2.75, 3.05) is 0 Å². The Bertz CT molecular complexity index is 568. The first-order valence-corrected chi connectivity index (χ1v) is 8.15. The second kappa shape index (κ2) is 5.30. The molecule has 1 N–H and O–H groups in total. The van der Waals surface area contributed by atoms with E-state index in [9.17, 15) is 0 Å². The molecule has 2 atom stereocenters. The van der Waals surface area contributed by atoms with Crippen LogP contribution in [0.1, 0.15) is 49.4 Å². The number of benzene rings is 1. The highest BCUT2D eigenvalue weighted by atomic mass is 32.1. The van der Waals surface area contributed by atoms with Crippen LogP contribution in [0.3, 0.4) is 0 Å². The lowest BCUT2D eigenvalue weighted by atomic mass is 9.98. The van der Waals surface area contributed by atoms with Crippen LogP contribution in [0.2, 0.25) is 0 Å². The molecule has 1 aromatic carbocycles. The van der Waals surface area contributed by atoms with Crippen LogP contribution in [-0.4, -0.2) is 11.0 Å². The van der Waals surface area contributed by atoms with Crippen molar-refractivity contribution in [1.29, 1.82) is 0 Å². The fourth-order valence-corrected chi connectivity index (χ4v) is 3.36. The van der Waals surface area contributed by atoms with Crippen LogP contribution in [0.25, 0.3) is 0 Å². The van der Waals surface area contributed by atoms with E-state index in [1.807, 2.05) is 0 Å². The average Bonchev–Trinajstić information content (AvgIpc) is 3.03. The monoisotopic (exact) mass is 286 g/mol. The third kappa shape index (κ3) is 3.10. The van der Waals surface area contributed by atoms with Crippen molar-refractivity contribution in [3.63, 3.8) is 0 Å². The second-order valence-corrected chi connectivity index (χ2v) is 7.49. The predicted octanol–water partition coefficient (Wildman–Crippen LogP) is 4.09. The summed E-state index contributed by atoms with van der Waals surface area (Å²) in [4.78, 5) is 4.74. The molecule has 0 radical (unpaired) electrons. The van der Waals surface area contributed by atoms with Crippen LogP contribution in [0, 0.1) is 0 Å². The molecule has 106 valence electrons. The van der Waals surface area contributed by atoms with Crippen molar-refractivity contribution >= 4 is 11.3 Å². The van der Waals surface area contributed by atoms with Crippen molar-refractivity contribution in [2.24, 2.45) is 0 Å². The van der Waals surface area contributed by atoms with Crippen LogP contribution in [0.5, 0.6) is 0 Å². The number of hydrogen-bond donors (Lipinski definition) is 1. The third-order valence-electron chi connectivity index (χ3n) is 3.76. The quantitative estimate of drug-likeness (QED) is 0.916. The van der Waals surface area contributed by atoms with E-state index in [0.29, 0.717) is 12.0 Å². The van der Waals surface area contributed by atoms with Gasteiger partial charge in [0, 0.05) is 29.3 Å². The highest BCUT2D eigenvalue weighted by molar-refractivity contribution is 7.09. The maximum Gasteiger partial charge on any atom is 0.0982 e. The van der Waals surface area contributed by atoms with Gasteiger partial charge in [-0.15, -0.1) is 11.3 Å². The molecule has 1 aliphatic rings. The molecule has 0 amide bonds. The van der Waals surface area contributed by atoms with Crippen LogP contribution in [0.15, 0.2) is 35.7 Å². The van der Waals surface area contributed by atoms with E-state index in [4.69, 9.17) is 4.98 Å². The summed E-state index contributed by atoms with van der Waals surface area (Å²) in [5.41, 5.74) is 2.80. The molecule has 2 aromatic rings. The van der Waals surface area contributed by atoms with E-state index in [2.05, 4.69) is 61.8 Å². The Hall–Kier alpha value is -1.19. The standard InChI is InChI=1S/C17H22N2S/c1-17(2,3)16-19-13(11-20-16)10-18-15-9-14(15)12-7-5-4-6-8-12/h4-8,11,14-15,18H,9-10H2,1-3H3. The lowest BCUT2D eigenvalue weighted by Gasteiger charge is -2.13. The van der Waals surface area contributed by atoms with Gasteiger partial charge in [-0.05, 0) is 12.0 Å². The molecule has 1 aromatic heterocycles. The Morgan fingerprint density at radius 1 is 1.25 bits per heavy atom. The average molecular weight is 286 g/mol. The summed E-state index contributed by atoms with van der Waals surface area (Å²) >= 11 is 1.77. The second-order valence-electron chi connectivity index (χ2n) is 6.63. The minimum atomic E-state index is 0.162. The summed E-state index contributed by atoms with van der Waals surface area (Å²) in [6, 6.07) is 11.4. The summed E-state index contributed by atoms with van der Waals surface area (Å²) < 4.78 is 0. The number of nitrogens with one attached hydrogen (secondary N) is 1. The van der Waals surface area contributed by atoms with Crippen molar-refractivity contribution < 1.29 is 0 Å². The number of nitrogens with zero attached hydrogens (tertiary/aromatic N) is 1. The first-order valence-electron chi connectivity index (χ1n) is 7.27. The van der Waals surface area contributed by atoms with Gasteiger partial charge in [-0.3, -0.25) is 0 Å². The molecule has 1 saturated carbocycles. The molecule has 2 nitrogen and oxygen atoms in total. The molecule has 1 fully saturated rings. The fraction of sp³-hybridized carbons (Fsp3) is 0.471. The normalized spacial score (nSPS) is 21.9. The molecule has 3 rings (SSSR count). The van der Waals surface area contributed by atoms with E-state index >= 15 is 0 Å². The zero-order valence-electron chi connectivity index (χ0n) is 12.4. The zero-order valence-corrected chi connectivity index (χ0v) is 13.2. The molecule has 20 heavy (non-hydrogen) atoms. The van der Waals surface area contributed by atoms with Gasteiger partial charge in [-0.25, -0.2) is 4.98 Å². The number of hydrogen-bond acceptors (Lipinski definition) is 3. The van der Waals surface area contributed by atoms with Crippen molar-refractivity contribution in [2.45, 2.75) is 51.1 Å². The SMILES string of the molecule is CC(C)(C)c1nc(CNC2CC2c2ccccc2)cs1. The van der Waals surface area contributed by atoms with Gasteiger partial charge in [0.2, 0.25) is 0 Å². The van der Waals surface area contributed by atoms with E-state index in [0.717, 1.165) is 6.54 Å². The fourth-order valence-electron chi connectivity index (χ4n) is 2.46. The number of rotatable bonds is 4. The summed E-state index contributed by atoms with van der Waals surface area (Å²) in [6.07, 6.45) is 1.25. The molecule has 2 unspecified atom stereocenters. The molecule has 1 heterocycles. The van der Waals surface area contributed by atoms with Gasteiger partial charge >= 0.3 is 0 Å². The van der Waals surface area contributed by atoms with E-state index in [1.165, 1.54) is 22.7 Å². The van der Waals surface area contributed by atoms with Gasteiger partial charge in [-0.2, -0.15) is 0 Å². The summed E-state index contributed by atoms with van der Waals surface area (Å²) in [5.74, 6) is 0.692. The summed E-state index contributed by atoms with van der Waals surface area (Å²) in [7, 11) is 0. The van der Waals surface area contributed by atoms with E-state index in [1.54, 1.807) is 11.3 Å². The Balaban J connectivity index is 1.53. The lowest BCUT2D eigenvalue weighted by Crippen LogP contribution is -2.18. The topological polar surface area (TPSA) is 24.9 Å². The van der Waals surface area contributed by atoms with Crippen LogP contribution >= 0.6 is 11.3 Å². The van der Waals surface area contributed by atoms with Crippen molar-refractivity contribution in [1.82, 2.24) is 10.3 Å². The zero-order chi connectivity index (χ0) is 14.2. The van der Waals surface area contributed by atoms with E-state index in [-0.39, 0.29) is 5.41 Å². The van der Waals surface area contributed by atoms with Crippen LogP contribution < -0.4 is 5.32 Å². The highest BCUT2D eigenvalue weighted by Crippen LogP contribution is 2.40. The van der Waals surface area contributed by atoms with Crippen molar-refractivity contribution in [3.05, 3.63) is 52.0 Å². The van der Waals surface area contributed by atoms with Crippen LogP contribution in [-0.2, 0) is 12.0 Å². The Morgan fingerprint density at radius 3 is 2.65 bits per heavy atom. The largest absolute Gasteiger partial charge is 0.308 e. The minimum Gasteiger partial charge on any atom is -0.308 e. The number of thiazole rings is 1. The predicted molar refractivity (Wildman–Crippen MR) is 85.2 cm³/mol. The molecule has 3 heteroatoms. The smallest absolute Gasteiger partial charge is 0.0982 e. The molecule has 0 saturated heterocycles. The van der Waals surface area contributed by atoms with Crippen LogP contribution in [0.4, 0.5) is 0 Å². The first-order chi connectivity index (χ1) is 9.54. The van der Waals surface area contributed by atoms with Gasteiger partial charge < -0.3 is 5.32 Å². The Labute approximate surface area is 125 Å². The van der Waals surface area contributed by atoms with Gasteiger partial charge in [0.25, 0.3) is 0 Å². The summed E-state index contributed by atoms with van der Waals surface area (Å²) in [6.45, 7) is 7.54. The van der Waals surface area contributed by atoms with E-state index < -0.39 is 0 Å². The highest BCUT2D eigenvalue weighted by Gasteiger charge is 2.37. The molecule has 0 aliphatic heterocycles. The lowest BCUT2D eigenvalue weighted by molar-refractivity contribution is 0.578. The number of aromatic nitrogens is 1. The minimum absolute atomic E-state index is 0.162. The Morgan fingerprint density at radius 2 is 2.00 bits per heavy atom.